The second-order valence-corrected chi connectivity index (χ2v) is 2.53. The van der Waals surface area contributed by atoms with Crippen LogP contribution in [0.3, 0.4) is 0 Å². The number of nitrogens with two attached hydrogens (primary N) is 1. The summed E-state index contributed by atoms with van der Waals surface area (Å²) in [5.74, 6) is -0.318. The van der Waals surface area contributed by atoms with E-state index in [-0.39, 0.29) is 11.5 Å². The normalized spacial score (nSPS) is 9.90. The molecule has 0 amide bonds. The molecule has 10 heavy (non-hydrogen) atoms. The fourth-order valence-corrected chi connectivity index (χ4v) is 0.880. The van der Waals surface area contributed by atoms with E-state index in [4.69, 9.17) is 17.3 Å². The lowest BCUT2D eigenvalue weighted by molar-refractivity contribution is 0.619. The van der Waals surface area contributed by atoms with E-state index >= 15 is 0 Å². The second-order valence-electron chi connectivity index (χ2n) is 2.12. The van der Waals surface area contributed by atoms with E-state index in [0.717, 1.165) is 0 Å². The Morgan fingerprint density at radius 1 is 1.50 bits per heavy atom. The zero-order chi connectivity index (χ0) is 7.72. The van der Waals surface area contributed by atoms with Crippen molar-refractivity contribution in [1.82, 2.24) is 0 Å². The molecule has 1 aromatic rings. The van der Waals surface area contributed by atoms with Crippen molar-refractivity contribution in [3.63, 3.8) is 0 Å². The predicted molar refractivity (Wildman–Crippen MR) is 40.6 cm³/mol. The molecule has 3 heteroatoms. The number of nitrogen functional groups attached to an aromatic ring is 1. The Bertz CT molecular complexity index is 210. The van der Waals surface area contributed by atoms with Gasteiger partial charge in [-0.3, -0.25) is 0 Å². The molecule has 0 aliphatic rings. The van der Waals surface area contributed by atoms with Crippen LogP contribution in [-0.4, -0.2) is 0 Å². The average Bonchev–Trinajstić information content (AvgIpc) is 1.84. The molecular formula is C7H7ClFN. The fraction of sp³-hybridized carbons (Fsp3) is 0.143. The van der Waals surface area contributed by atoms with Gasteiger partial charge < -0.3 is 5.73 Å². The highest BCUT2D eigenvalue weighted by Gasteiger charge is 2.00. The third kappa shape index (κ3) is 1.21. The number of hydrogen-bond donors (Lipinski definition) is 1. The molecule has 0 fully saturated rings. The van der Waals surface area contributed by atoms with Gasteiger partial charge in [0.2, 0.25) is 0 Å². The quantitative estimate of drug-likeness (QED) is 0.578. The van der Waals surface area contributed by atoms with Gasteiger partial charge in [0, 0.05) is 0 Å². The molecule has 1 aromatic carbocycles. The number of rotatable bonds is 0. The number of anilines is 1. The Balaban J connectivity index is 3.28. The summed E-state index contributed by atoms with van der Waals surface area (Å²) in [5.41, 5.74) is 6.11. The Morgan fingerprint density at radius 3 is 2.60 bits per heavy atom. The summed E-state index contributed by atoms with van der Waals surface area (Å²) in [6.45, 7) is 1.64. The summed E-state index contributed by atoms with van der Waals surface area (Å²) in [6.07, 6.45) is 0. The van der Waals surface area contributed by atoms with Crippen LogP contribution in [0.25, 0.3) is 0 Å². The monoisotopic (exact) mass is 159 g/mol. The molecule has 2 N–H and O–H groups in total. The van der Waals surface area contributed by atoms with Gasteiger partial charge in [-0.25, -0.2) is 4.39 Å². The highest BCUT2D eigenvalue weighted by atomic mass is 35.5. The van der Waals surface area contributed by atoms with Crippen LogP contribution in [0.1, 0.15) is 5.56 Å². The number of aryl methyl sites for hydroxylation is 1. The Hall–Kier alpha value is -0.760. The lowest BCUT2D eigenvalue weighted by Gasteiger charge is -1.99. The maximum Gasteiger partial charge on any atom is 0.128 e. The van der Waals surface area contributed by atoms with Crippen LogP contribution >= 0.6 is 11.6 Å². The molecule has 0 saturated heterocycles. The lowest BCUT2D eigenvalue weighted by atomic mass is 10.2. The standard InChI is InChI=1S/C7H7ClFN/c1-4-2-5(8)7(10)3-6(4)9/h2-3H,10H2,1H3. The topological polar surface area (TPSA) is 26.0 Å². The zero-order valence-corrected chi connectivity index (χ0v) is 6.24. The molecule has 0 heterocycles. The van der Waals surface area contributed by atoms with Crippen molar-refractivity contribution >= 4 is 17.3 Å². The number of benzene rings is 1. The molecule has 1 nitrogen and oxygen atoms in total. The van der Waals surface area contributed by atoms with Crippen molar-refractivity contribution < 1.29 is 4.39 Å². The van der Waals surface area contributed by atoms with Gasteiger partial charge in [-0.1, -0.05) is 11.6 Å². The molecule has 54 valence electrons. The van der Waals surface area contributed by atoms with Gasteiger partial charge in [-0.2, -0.15) is 0 Å². The van der Waals surface area contributed by atoms with Crippen LogP contribution in [0.4, 0.5) is 10.1 Å². The van der Waals surface area contributed by atoms with Gasteiger partial charge in [0.1, 0.15) is 5.82 Å². The van der Waals surface area contributed by atoms with Gasteiger partial charge in [-0.15, -0.1) is 0 Å². The highest BCUT2D eigenvalue weighted by Crippen LogP contribution is 2.21. The molecule has 0 atom stereocenters. The molecule has 0 bridgehead atoms. The maximum absolute atomic E-state index is 12.6. The summed E-state index contributed by atoms with van der Waals surface area (Å²) >= 11 is 5.59. The van der Waals surface area contributed by atoms with E-state index in [1.54, 1.807) is 6.92 Å². The summed E-state index contributed by atoms with van der Waals surface area (Å²) in [7, 11) is 0. The van der Waals surface area contributed by atoms with Crippen molar-refractivity contribution in [2.24, 2.45) is 0 Å². The highest BCUT2D eigenvalue weighted by molar-refractivity contribution is 6.33. The third-order valence-corrected chi connectivity index (χ3v) is 1.61. The summed E-state index contributed by atoms with van der Waals surface area (Å²) in [6, 6.07) is 2.73. The Kier molecular flexibility index (Phi) is 1.81. The summed E-state index contributed by atoms with van der Waals surface area (Å²) in [5, 5.41) is 0.402. The van der Waals surface area contributed by atoms with E-state index in [2.05, 4.69) is 0 Å². The summed E-state index contributed by atoms with van der Waals surface area (Å²) < 4.78 is 12.6. The SMILES string of the molecule is Cc1cc(Cl)c(N)cc1F. The Labute approximate surface area is 63.6 Å². The molecule has 1 rings (SSSR count). The van der Waals surface area contributed by atoms with Gasteiger partial charge in [-0.05, 0) is 24.6 Å². The molecule has 0 aliphatic heterocycles. The van der Waals surface area contributed by atoms with Gasteiger partial charge in [0.25, 0.3) is 0 Å². The molecule has 0 unspecified atom stereocenters. The fourth-order valence-electron chi connectivity index (χ4n) is 0.662. The van der Waals surface area contributed by atoms with Crippen LogP contribution in [0.5, 0.6) is 0 Å². The average molecular weight is 160 g/mol. The van der Waals surface area contributed by atoms with Crippen molar-refractivity contribution in [3.8, 4) is 0 Å². The number of halogens is 2. The van der Waals surface area contributed by atoms with Crippen LogP contribution in [0.2, 0.25) is 5.02 Å². The van der Waals surface area contributed by atoms with Crippen molar-refractivity contribution in [2.75, 3.05) is 5.73 Å². The minimum atomic E-state index is -0.318. The molecule has 0 aliphatic carbocycles. The van der Waals surface area contributed by atoms with E-state index in [1.165, 1.54) is 12.1 Å². The number of hydrogen-bond acceptors (Lipinski definition) is 1. The zero-order valence-electron chi connectivity index (χ0n) is 5.49. The van der Waals surface area contributed by atoms with Crippen LogP contribution in [-0.2, 0) is 0 Å². The van der Waals surface area contributed by atoms with Crippen molar-refractivity contribution in [2.45, 2.75) is 6.92 Å². The van der Waals surface area contributed by atoms with Crippen LogP contribution in [0, 0.1) is 12.7 Å². The molecule has 0 spiro atoms. The minimum Gasteiger partial charge on any atom is -0.397 e. The van der Waals surface area contributed by atoms with Gasteiger partial charge >= 0.3 is 0 Å². The van der Waals surface area contributed by atoms with Crippen molar-refractivity contribution in [3.05, 3.63) is 28.5 Å². The maximum atomic E-state index is 12.6. The first-order valence-corrected chi connectivity index (χ1v) is 3.20. The first-order valence-electron chi connectivity index (χ1n) is 2.82. The predicted octanol–water partition coefficient (Wildman–Crippen LogP) is 2.37. The first kappa shape index (κ1) is 7.35. The molecular weight excluding hydrogens is 153 g/mol. The van der Waals surface area contributed by atoms with E-state index in [0.29, 0.717) is 10.6 Å². The van der Waals surface area contributed by atoms with Gasteiger partial charge in [0.05, 0.1) is 10.7 Å². The minimum absolute atomic E-state index is 0.282. The third-order valence-electron chi connectivity index (χ3n) is 1.28. The Morgan fingerprint density at radius 2 is 2.10 bits per heavy atom. The van der Waals surface area contributed by atoms with Crippen LogP contribution < -0.4 is 5.73 Å². The molecule has 0 aromatic heterocycles. The van der Waals surface area contributed by atoms with Crippen molar-refractivity contribution in [1.29, 1.82) is 0 Å². The molecule has 0 saturated carbocycles. The van der Waals surface area contributed by atoms with E-state index in [1.807, 2.05) is 0 Å². The van der Waals surface area contributed by atoms with E-state index in [9.17, 15) is 4.39 Å². The summed E-state index contributed by atoms with van der Waals surface area (Å²) in [4.78, 5) is 0. The smallest absolute Gasteiger partial charge is 0.128 e. The lowest BCUT2D eigenvalue weighted by Crippen LogP contribution is -1.89. The van der Waals surface area contributed by atoms with Gasteiger partial charge in [0.15, 0.2) is 0 Å². The molecule has 0 radical (unpaired) electrons. The largest absolute Gasteiger partial charge is 0.397 e. The first-order chi connectivity index (χ1) is 4.61. The van der Waals surface area contributed by atoms with Crippen LogP contribution in [0.15, 0.2) is 12.1 Å². The second kappa shape index (κ2) is 2.46. The van der Waals surface area contributed by atoms with E-state index < -0.39 is 0 Å².